The summed E-state index contributed by atoms with van der Waals surface area (Å²) in [5.74, 6) is -1.73. The third-order valence-electron chi connectivity index (χ3n) is 6.25. The summed E-state index contributed by atoms with van der Waals surface area (Å²) in [7, 11) is 0. The molecule has 1 aromatic heterocycles. The number of aromatic nitrogens is 1. The summed E-state index contributed by atoms with van der Waals surface area (Å²) >= 11 is 0. The van der Waals surface area contributed by atoms with Crippen molar-refractivity contribution < 1.29 is 28.5 Å². The minimum atomic E-state index is -0.827. The predicted molar refractivity (Wildman–Crippen MR) is 105 cm³/mol. The Hall–Kier alpha value is -1.58. The molecular formula is C22H30N2O6. The second-order valence-corrected chi connectivity index (χ2v) is 9.42. The van der Waals surface area contributed by atoms with Crippen LogP contribution in [-0.2, 0) is 28.5 Å². The van der Waals surface area contributed by atoms with Gasteiger partial charge in [0.15, 0.2) is 24.0 Å². The third kappa shape index (κ3) is 3.54. The molecule has 30 heavy (non-hydrogen) atoms. The van der Waals surface area contributed by atoms with E-state index in [9.17, 15) is 4.79 Å². The van der Waals surface area contributed by atoms with E-state index in [1.54, 1.807) is 6.20 Å². The van der Waals surface area contributed by atoms with Gasteiger partial charge in [-0.15, -0.1) is 0 Å². The number of amides is 1. The molecule has 0 saturated carbocycles. The van der Waals surface area contributed by atoms with Gasteiger partial charge in [-0.1, -0.05) is 6.07 Å². The molecule has 6 atom stereocenters. The Morgan fingerprint density at radius 3 is 2.53 bits per heavy atom. The largest absolute Gasteiger partial charge is 0.342 e. The van der Waals surface area contributed by atoms with Crippen molar-refractivity contribution in [2.45, 2.75) is 95.3 Å². The van der Waals surface area contributed by atoms with Crippen molar-refractivity contribution in [1.29, 1.82) is 0 Å². The van der Waals surface area contributed by atoms with Gasteiger partial charge in [0.25, 0.3) is 5.91 Å². The number of hydrogen-bond acceptors (Lipinski definition) is 7. The van der Waals surface area contributed by atoms with Crippen LogP contribution in [0.1, 0.15) is 58.6 Å². The normalized spacial score (nSPS) is 39.4. The van der Waals surface area contributed by atoms with Gasteiger partial charge in [0.05, 0.1) is 6.04 Å². The van der Waals surface area contributed by atoms with Gasteiger partial charge in [-0.25, -0.2) is 0 Å². The summed E-state index contributed by atoms with van der Waals surface area (Å²) in [5.41, 5.74) is 1.04. The van der Waals surface area contributed by atoms with Crippen LogP contribution in [0.15, 0.2) is 24.5 Å². The lowest BCUT2D eigenvalue weighted by molar-refractivity contribution is -0.235. The molecule has 0 aromatic carbocycles. The lowest BCUT2D eigenvalue weighted by Crippen LogP contribution is -2.60. The van der Waals surface area contributed by atoms with Gasteiger partial charge in [0, 0.05) is 18.9 Å². The maximum absolute atomic E-state index is 13.8. The number of piperidine rings is 1. The number of hydrogen-bond donors (Lipinski definition) is 0. The van der Waals surface area contributed by atoms with Crippen LogP contribution in [0.25, 0.3) is 0 Å². The van der Waals surface area contributed by atoms with Crippen molar-refractivity contribution in [2.24, 2.45) is 0 Å². The molecule has 0 spiro atoms. The Morgan fingerprint density at radius 2 is 1.77 bits per heavy atom. The highest BCUT2D eigenvalue weighted by molar-refractivity contribution is 5.82. The Labute approximate surface area is 176 Å². The van der Waals surface area contributed by atoms with Crippen LogP contribution in [0.5, 0.6) is 0 Å². The minimum Gasteiger partial charge on any atom is -0.342 e. The molecule has 4 aliphatic heterocycles. The average Bonchev–Trinajstić information content (AvgIpc) is 3.21. The number of rotatable bonds is 2. The summed E-state index contributed by atoms with van der Waals surface area (Å²) in [5, 5.41) is 0. The SMILES string of the molecule is CC1(C)O[C@H]2[C@@H](O1)[C@@H](C(=O)N1CCCC[C@@H]1c1cccnc1)O[C@H]1OC(C)(C)O[C@@H]12. The first-order valence-corrected chi connectivity index (χ1v) is 10.8. The van der Waals surface area contributed by atoms with E-state index < -0.39 is 42.3 Å². The molecule has 0 bridgehead atoms. The van der Waals surface area contributed by atoms with Gasteiger partial charge >= 0.3 is 0 Å². The Kier molecular flexibility index (Phi) is 4.91. The molecule has 8 nitrogen and oxygen atoms in total. The lowest BCUT2D eigenvalue weighted by atomic mass is 9.93. The minimum absolute atomic E-state index is 0.0211. The van der Waals surface area contributed by atoms with Crippen molar-refractivity contribution in [3.63, 3.8) is 0 Å². The van der Waals surface area contributed by atoms with Crippen LogP contribution >= 0.6 is 0 Å². The Morgan fingerprint density at radius 1 is 1.03 bits per heavy atom. The van der Waals surface area contributed by atoms with E-state index in [0.29, 0.717) is 6.54 Å². The maximum Gasteiger partial charge on any atom is 0.255 e. The standard InChI is InChI=1S/C22H30N2O6/c1-21(2)27-15-16(28-21)18-20(30-22(3,4)29-18)26-17(15)19(25)24-11-6-5-9-14(24)13-8-7-10-23-12-13/h7-8,10,12,14-18,20H,5-6,9,11H2,1-4H3/t14-,15-,16+,17+,18-,20+/m1/s1. The van der Waals surface area contributed by atoms with E-state index in [1.807, 2.05) is 50.9 Å². The molecule has 8 heteroatoms. The lowest BCUT2D eigenvalue weighted by Gasteiger charge is -2.42. The number of ether oxygens (including phenoxy) is 5. The fourth-order valence-corrected chi connectivity index (χ4v) is 5.09. The fraction of sp³-hybridized carbons (Fsp3) is 0.727. The number of nitrogens with zero attached hydrogens (tertiary/aromatic N) is 2. The summed E-state index contributed by atoms with van der Waals surface area (Å²) in [4.78, 5) is 20.0. The maximum atomic E-state index is 13.8. The van der Waals surface area contributed by atoms with E-state index >= 15 is 0 Å². The van der Waals surface area contributed by atoms with Crippen LogP contribution in [0.2, 0.25) is 0 Å². The smallest absolute Gasteiger partial charge is 0.255 e. The van der Waals surface area contributed by atoms with E-state index in [1.165, 1.54) is 0 Å². The molecule has 1 amide bonds. The van der Waals surface area contributed by atoms with Crippen LogP contribution in [0.4, 0.5) is 0 Å². The van der Waals surface area contributed by atoms with E-state index in [0.717, 1.165) is 24.8 Å². The fourth-order valence-electron chi connectivity index (χ4n) is 5.09. The zero-order chi connectivity index (χ0) is 21.1. The molecule has 4 saturated heterocycles. The van der Waals surface area contributed by atoms with E-state index in [4.69, 9.17) is 23.7 Å². The summed E-state index contributed by atoms with van der Waals surface area (Å²) in [6.45, 7) is 8.05. The van der Waals surface area contributed by atoms with Gasteiger partial charge in [0.1, 0.15) is 18.3 Å². The monoisotopic (exact) mass is 418 g/mol. The molecule has 0 unspecified atom stereocenters. The number of carbonyl (C=O) groups is 1. The van der Waals surface area contributed by atoms with Crippen molar-refractivity contribution in [1.82, 2.24) is 9.88 Å². The molecule has 5 rings (SSSR count). The topological polar surface area (TPSA) is 79.4 Å². The number of fused-ring (bicyclic) bond motifs is 3. The third-order valence-corrected chi connectivity index (χ3v) is 6.25. The molecule has 4 aliphatic rings. The average molecular weight is 418 g/mol. The second-order valence-electron chi connectivity index (χ2n) is 9.42. The van der Waals surface area contributed by atoms with Crippen molar-refractivity contribution >= 4 is 5.91 Å². The van der Waals surface area contributed by atoms with Crippen LogP contribution < -0.4 is 0 Å². The van der Waals surface area contributed by atoms with Crippen LogP contribution in [0, 0.1) is 0 Å². The molecule has 0 aliphatic carbocycles. The molecule has 1 aromatic rings. The molecular weight excluding hydrogens is 388 g/mol. The molecule has 4 fully saturated rings. The van der Waals surface area contributed by atoms with E-state index in [2.05, 4.69) is 4.98 Å². The zero-order valence-corrected chi connectivity index (χ0v) is 17.9. The molecule has 5 heterocycles. The van der Waals surface area contributed by atoms with Gasteiger partial charge in [-0.05, 0) is 58.6 Å². The summed E-state index contributed by atoms with van der Waals surface area (Å²) in [6, 6.07) is 3.91. The van der Waals surface area contributed by atoms with Gasteiger partial charge < -0.3 is 28.6 Å². The predicted octanol–water partition coefficient (Wildman–Crippen LogP) is 2.53. The van der Waals surface area contributed by atoms with E-state index in [-0.39, 0.29) is 11.9 Å². The highest BCUT2D eigenvalue weighted by Crippen LogP contribution is 2.45. The number of carbonyl (C=O) groups excluding carboxylic acids is 1. The summed E-state index contributed by atoms with van der Waals surface area (Å²) in [6.07, 6.45) is 3.62. The molecule has 164 valence electrons. The van der Waals surface area contributed by atoms with Crippen LogP contribution in [-0.4, -0.2) is 64.6 Å². The summed E-state index contributed by atoms with van der Waals surface area (Å²) < 4.78 is 30.5. The first-order chi connectivity index (χ1) is 14.2. The van der Waals surface area contributed by atoms with Crippen molar-refractivity contribution in [3.05, 3.63) is 30.1 Å². The van der Waals surface area contributed by atoms with Gasteiger partial charge in [-0.2, -0.15) is 0 Å². The first-order valence-electron chi connectivity index (χ1n) is 10.8. The zero-order valence-electron chi connectivity index (χ0n) is 17.9. The van der Waals surface area contributed by atoms with Crippen LogP contribution in [0.3, 0.4) is 0 Å². The number of pyridine rings is 1. The first kappa shape index (κ1) is 20.3. The highest BCUT2D eigenvalue weighted by Gasteiger charge is 2.62. The molecule has 0 N–H and O–H groups in total. The van der Waals surface area contributed by atoms with Crippen molar-refractivity contribution in [2.75, 3.05) is 6.54 Å². The Bertz CT molecular complexity index is 800. The number of likely N-dealkylation sites (tertiary alicyclic amines) is 1. The second kappa shape index (κ2) is 7.24. The van der Waals surface area contributed by atoms with Crippen molar-refractivity contribution in [3.8, 4) is 0 Å². The highest BCUT2D eigenvalue weighted by atomic mass is 16.9. The van der Waals surface area contributed by atoms with Gasteiger partial charge in [0.2, 0.25) is 0 Å². The molecule has 0 radical (unpaired) electrons. The Balaban J connectivity index is 1.44. The quantitative estimate of drug-likeness (QED) is 0.730. The van der Waals surface area contributed by atoms with Gasteiger partial charge in [-0.3, -0.25) is 9.78 Å².